The molecule has 2 aliphatic heterocycles. The van der Waals surface area contributed by atoms with Crippen molar-refractivity contribution in [3.63, 3.8) is 0 Å². The number of anilines is 1. The Morgan fingerprint density at radius 2 is 1.49 bits per heavy atom. The van der Waals surface area contributed by atoms with Crippen molar-refractivity contribution < 1.29 is 28.9 Å². The van der Waals surface area contributed by atoms with Crippen LogP contribution in [0.4, 0.5) is 5.69 Å². The van der Waals surface area contributed by atoms with Crippen LogP contribution in [0.1, 0.15) is 46.8 Å². The molecule has 2 heterocycles. The van der Waals surface area contributed by atoms with Gasteiger partial charge in [-0.1, -0.05) is 73.7 Å². The molecule has 1 fully saturated rings. The van der Waals surface area contributed by atoms with Crippen molar-refractivity contribution in [3.8, 4) is 11.5 Å². The number of hydrogen-bond acceptors (Lipinski definition) is 6. The number of benzene rings is 4. The molecule has 2 amide bonds. The van der Waals surface area contributed by atoms with Gasteiger partial charge in [0.2, 0.25) is 5.91 Å². The SMILES string of the molecule is COc1ccc(C(=O)Nc2ccc(CC[C@H]3O[C@@H](CC(=O)N4Cc5ccccc5C[C@H]4CO)[C@H]([Si](C)(C)c4ccc(OC)cc4)[C@H]3C)cc2)cc1. The Labute approximate surface area is 302 Å². The van der Waals surface area contributed by atoms with Gasteiger partial charge in [0.1, 0.15) is 11.5 Å². The third kappa shape index (κ3) is 8.06. The number of hydrogen-bond donors (Lipinski definition) is 2. The minimum absolute atomic E-state index is 0.0111. The summed E-state index contributed by atoms with van der Waals surface area (Å²) in [6.07, 6.45) is 2.34. The molecule has 4 aromatic carbocycles. The highest BCUT2D eigenvalue weighted by Crippen LogP contribution is 2.47. The van der Waals surface area contributed by atoms with Crippen LogP contribution in [0.3, 0.4) is 0 Å². The minimum Gasteiger partial charge on any atom is -0.497 e. The number of fused-ring (bicyclic) bond motifs is 1. The molecule has 9 heteroatoms. The summed E-state index contributed by atoms with van der Waals surface area (Å²) in [5.41, 5.74) is 5.01. The number of ether oxygens (including phenoxy) is 3. The lowest BCUT2D eigenvalue weighted by Gasteiger charge is -2.39. The Hall–Kier alpha value is -4.44. The van der Waals surface area contributed by atoms with Crippen LogP contribution < -0.4 is 20.0 Å². The Morgan fingerprint density at radius 3 is 2.12 bits per heavy atom. The first-order valence-corrected chi connectivity index (χ1v) is 21.0. The molecule has 5 atom stereocenters. The molecule has 0 saturated carbocycles. The molecule has 0 bridgehead atoms. The number of methoxy groups -OCH3 is 2. The maximum absolute atomic E-state index is 14.1. The largest absolute Gasteiger partial charge is 0.497 e. The van der Waals surface area contributed by atoms with E-state index in [1.54, 1.807) is 38.5 Å². The molecule has 0 spiro atoms. The fourth-order valence-corrected chi connectivity index (χ4v) is 12.3. The second-order valence-corrected chi connectivity index (χ2v) is 19.2. The second-order valence-electron chi connectivity index (χ2n) is 14.5. The van der Waals surface area contributed by atoms with Gasteiger partial charge < -0.3 is 29.5 Å². The number of nitrogens with zero attached hydrogens (tertiary/aromatic N) is 1. The molecule has 0 radical (unpaired) electrons. The van der Waals surface area contributed by atoms with Gasteiger partial charge in [0.05, 0.1) is 53.6 Å². The number of aliphatic hydroxyl groups is 1. The van der Waals surface area contributed by atoms with Crippen LogP contribution in [0, 0.1) is 5.92 Å². The smallest absolute Gasteiger partial charge is 0.255 e. The third-order valence-corrected chi connectivity index (χ3v) is 15.5. The molecule has 4 aromatic rings. The van der Waals surface area contributed by atoms with Crippen LogP contribution in [0.15, 0.2) is 97.1 Å². The van der Waals surface area contributed by atoms with Crippen molar-refractivity contribution >= 4 is 30.8 Å². The quantitative estimate of drug-likeness (QED) is 0.161. The van der Waals surface area contributed by atoms with Crippen molar-refractivity contribution in [1.29, 1.82) is 0 Å². The first-order chi connectivity index (χ1) is 24.6. The van der Waals surface area contributed by atoms with Gasteiger partial charge in [0.25, 0.3) is 5.91 Å². The van der Waals surface area contributed by atoms with Crippen LogP contribution >= 0.6 is 0 Å². The summed E-state index contributed by atoms with van der Waals surface area (Å²) in [5.74, 6) is 1.64. The van der Waals surface area contributed by atoms with E-state index in [2.05, 4.69) is 61.7 Å². The van der Waals surface area contributed by atoms with Gasteiger partial charge in [-0.2, -0.15) is 0 Å². The van der Waals surface area contributed by atoms with Crippen molar-refractivity contribution in [1.82, 2.24) is 4.90 Å². The molecule has 0 unspecified atom stereocenters. The first kappa shape index (κ1) is 36.4. The third-order valence-electron chi connectivity index (χ3n) is 11.1. The molecule has 51 heavy (non-hydrogen) atoms. The topological polar surface area (TPSA) is 97.3 Å². The number of aryl methyl sites for hydroxylation is 1. The monoisotopic (exact) mass is 706 g/mol. The van der Waals surface area contributed by atoms with E-state index in [0.29, 0.717) is 30.7 Å². The van der Waals surface area contributed by atoms with Gasteiger partial charge in [-0.05, 0) is 95.9 Å². The molecule has 268 valence electrons. The van der Waals surface area contributed by atoms with Crippen molar-refractivity contribution in [3.05, 3.63) is 119 Å². The second kappa shape index (κ2) is 15.8. The Morgan fingerprint density at radius 1 is 0.863 bits per heavy atom. The molecule has 1 saturated heterocycles. The van der Waals surface area contributed by atoms with E-state index >= 15 is 0 Å². The maximum Gasteiger partial charge on any atom is 0.255 e. The van der Waals surface area contributed by atoms with Gasteiger partial charge in [-0.25, -0.2) is 0 Å². The van der Waals surface area contributed by atoms with E-state index in [4.69, 9.17) is 14.2 Å². The number of amides is 2. The van der Waals surface area contributed by atoms with Crippen LogP contribution in [0.25, 0.3) is 0 Å². The summed E-state index contributed by atoms with van der Waals surface area (Å²) in [6, 6.07) is 31.4. The number of aliphatic hydroxyl groups excluding tert-OH is 1. The van der Waals surface area contributed by atoms with Crippen LogP contribution in [-0.2, 0) is 28.9 Å². The summed E-state index contributed by atoms with van der Waals surface area (Å²) >= 11 is 0. The number of carbonyl (C=O) groups excluding carboxylic acids is 2. The zero-order valence-corrected chi connectivity index (χ0v) is 31.3. The van der Waals surface area contributed by atoms with Crippen molar-refractivity contribution in [2.75, 3.05) is 26.1 Å². The molecular weight excluding hydrogens is 657 g/mol. The standard InChI is InChI=1S/C42H50N2O6Si/c1-28-38(23-12-29-10-15-33(16-11-29)43-42(47)30-13-17-35(48-2)18-14-30)50-39(41(28)51(4,5)37-21-19-36(49-3)20-22-37)25-40(46)44-26-32-9-7-6-8-31(32)24-34(44)27-45/h6-11,13-22,28,34,38-39,41,45H,12,23-27H2,1-5H3,(H,43,47)/t28-,34-,38+,39-,41+/m0/s1. The normalized spacial score (nSPS) is 21.5. The van der Waals surface area contributed by atoms with Gasteiger partial charge in [0.15, 0.2) is 0 Å². The zero-order chi connectivity index (χ0) is 36.1. The van der Waals surface area contributed by atoms with Crippen LogP contribution in [0.2, 0.25) is 18.6 Å². The van der Waals surface area contributed by atoms with Gasteiger partial charge in [-0.15, -0.1) is 0 Å². The fourth-order valence-electron chi connectivity index (χ4n) is 8.19. The number of carbonyl (C=O) groups is 2. The lowest BCUT2D eigenvalue weighted by Crippen LogP contribution is -2.52. The van der Waals surface area contributed by atoms with E-state index < -0.39 is 8.07 Å². The minimum atomic E-state index is -2.16. The lowest BCUT2D eigenvalue weighted by atomic mass is 9.93. The molecule has 0 aliphatic carbocycles. The number of nitrogens with one attached hydrogen (secondary N) is 1. The molecule has 2 aliphatic rings. The maximum atomic E-state index is 14.1. The van der Waals surface area contributed by atoms with Crippen molar-refractivity contribution in [2.24, 2.45) is 5.92 Å². The fraction of sp³-hybridized carbons (Fsp3) is 0.381. The Kier molecular flexibility index (Phi) is 11.3. The van der Waals surface area contributed by atoms with E-state index in [0.717, 1.165) is 35.4 Å². The highest BCUT2D eigenvalue weighted by atomic mass is 28.3. The van der Waals surface area contributed by atoms with Gasteiger partial charge >= 0.3 is 0 Å². The lowest BCUT2D eigenvalue weighted by molar-refractivity contribution is -0.138. The van der Waals surface area contributed by atoms with E-state index in [1.165, 1.54) is 10.8 Å². The Balaban J connectivity index is 1.16. The Bertz CT molecular complexity index is 1790. The molecule has 6 rings (SSSR count). The highest BCUT2D eigenvalue weighted by Gasteiger charge is 2.51. The van der Waals surface area contributed by atoms with Gasteiger partial charge in [-0.3, -0.25) is 9.59 Å². The van der Waals surface area contributed by atoms with E-state index in [9.17, 15) is 14.7 Å². The zero-order valence-electron chi connectivity index (χ0n) is 30.3. The first-order valence-electron chi connectivity index (χ1n) is 17.9. The summed E-state index contributed by atoms with van der Waals surface area (Å²) in [6.45, 7) is 7.53. The van der Waals surface area contributed by atoms with E-state index in [-0.39, 0.29) is 48.1 Å². The van der Waals surface area contributed by atoms with Crippen molar-refractivity contribution in [2.45, 2.75) is 76.0 Å². The summed E-state index contributed by atoms with van der Waals surface area (Å²) in [4.78, 5) is 28.8. The van der Waals surface area contributed by atoms with E-state index in [1.807, 2.05) is 41.3 Å². The molecule has 2 N–H and O–H groups in total. The predicted octanol–water partition coefficient (Wildman–Crippen LogP) is 6.61. The average molecular weight is 707 g/mol. The molecular formula is C42H50N2O6Si. The summed E-state index contributed by atoms with van der Waals surface area (Å²) < 4.78 is 17.6. The van der Waals surface area contributed by atoms with Gasteiger partial charge in [0, 0.05) is 17.8 Å². The highest BCUT2D eigenvalue weighted by molar-refractivity contribution is 6.91. The van der Waals surface area contributed by atoms with Crippen LogP contribution in [0.5, 0.6) is 11.5 Å². The molecule has 8 nitrogen and oxygen atoms in total. The summed E-state index contributed by atoms with van der Waals surface area (Å²) in [5, 5.41) is 14.6. The molecule has 0 aromatic heterocycles. The number of rotatable bonds is 12. The predicted molar refractivity (Wildman–Crippen MR) is 204 cm³/mol. The average Bonchev–Trinajstić information content (AvgIpc) is 3.48. The van der Waals surface area contributed by atoms with Crippen LogP contribution in [-0.4, -0.2) is 69.0 Å². The summed E-state index contributed by atoms with van der Waals surface area (Å²) in [7, 11) is 1.12.